The van der Waals surface area contributed by atoms with E-state index in [0.717, 1.165) is 50.6 Å². The van der Waals surface area contributed by atoms with Crippen molar-refractivity contribution in [2.24, 2.45) is 0 Å². The first-order valence-electron chi connectivity index (χ1n) is 10.6. The number of ether oxygens (including phenoxy) is 1. The summed E-state index contributed by atoms with van der Waals surface area (Å²) >= 11 is 0. The number of aryl methyl sites for hydroxylation is 1. The summed E-state index contributed by atoms with van der Waals surface area (Å²) in [4.78, 5) is 11.5. The van der Waals surface area contributed by atoms with Gasteiger partial charge in [-0.15, -0.1) is 0 Å². The molecule has 0 saturated carbocycles. The first-order chi connectivity index (χ1) is 14.3. The van der Waals surface area contributed by atoms with Gasteiger partial charge in [0.25, 0.3) is 0 Å². The van der Waals surface area contributed by atoms with Gasteiger partial charge in [0.2, 0.25) is 0 Å². The molecule has 4 rings (SSSR count). The van der Waals surface area contributed by atoms with Gasteiger partial charge in [0.05, 0.1) is 18.4 Å². The lowest BCUT2D eigenvalue weighted by Crippen LogP contribution is -2.42. The standard InChI is InChI=1S/C25H29N3O/c1-2-25-26-14-13-22(27-25)18-28-15-16-29-23(19-28)17-24(20-9-5-3-6-10-20)21-11-7-4-8-12-21/h3-14,23-24H,2,15-19H2,1H3/t23-/m1/s1. The van der Waals surface area contributed by atoms with Gasteiger partial charge in [0.1, 0.15) is 5.82 Å². The number of aromatic nitrogens is 2. The SMILES string of the molecule is CCc1nccc(CN2CCO[C@H](CC(c3ccccc3)c3ccccc3)C2)n1. The molecule has 0 unspecified atom stereocenters. The molecule has 1 fully saturated rings. The molecule has 4 nitrogen and oxygen atoms in total. The molecule has 3 aromatic rings. The maximum absolute atomic E-state index is 6.19. The summed E-state index contributed by atoms with van der Waals surface area (Å²) in [5, 5.41) is 0. The monoisotopic (exact) mass is 387 g/mol. The van der Waals surface area contributed by atoms with Crippen LogP contribution in [0.4, 0.5) is 0 Å². The van der Waals surface area contributed by atoms with Gasteiger partial charge in [-0.2, -0.15) is 0 Å². The van der Waals surface area contributed by atoms with E-state index in [1.165, 1.54) is 11.1 Å². The molecule has 2 heterocycles. The number of morpholine rings is 1. The zero-order chi connectivity index (χ0) is 19.9. The smallest absolute Gasteiger partial charge is 0.128 e. The van der Waals surface area contributed by atoms with Crippen molar-refractivity contribution in [1.29, 1.82) is 0 Å². The van der Waals surface area contributed by atoms with Crippen molar-refractivity contribution < 1.29 is 4.74 Å². The largest absolute Gasteiger partial charge is 0.376 e. The van der Waals surface area contributed by atoms with Crippen molar-refractivity contribution in [2.75, 3.05) is 19.7 Å². The van der Waals surface area contributed by atoms with Gasteiger partial charge < -0.3 is 4.74 Å². The maximum atomic E-state index is 6.19. The van der Waals surface area contributed by atoms with E-state index >= 15 is 0 Å². The van der Waals surface area contributed by atoms with E-state index in [1.54, 1.807) is 0 Å². The highest BCUT2D eigenvalue weighted by atomic mass is 16.5. The predicted octanol–water partition coefficient (Wildman–Crippen LogP) is 4.46. The van der Waals surface area contributed by atoms with Crippen LogP contribution in [0.5, 0.6) is 0 Å². The minimum atomic E-state index is 0.210. The lowest BCUT2D eigenvalue weighted by molar-refractivity contribution is -0.0368. The quantitative estimate of drug-likeness (QED) is 0.600. The van der Waals surface area contributed by atoms with Crippen LogP contribution in [0.15, 0.2) is 72.9 Å². The van der Waals surface area contributed by atoms with Gasteiger partial charge in [0, 0.05) is 38.2 Å². The maximum Gasteiger partial charge on any atom is 0.128 e. The Kier molecular flexibility index (Phi) is 6.65. The number of rotatable bonds is 7. The molecule has 0 radical (unpaired) electrons. The van der Waals surface area contributed by atoms with Crippen LogP contribution in [-0.2, 0) is 17.7 Å². The Bertz CT molecular complexity index is 845. The van der Waals surface area contributed by atoms with Crippen LogP contribution < -0.4 is 0 Å². The van der Waals surface area contributed by atoms with Crippen LogP contribution in [0.2, 0.25) is 0 Å². The average molecular weight is 388 g/mol. The van der Waals surface area contributed by atoms with E-state index in [1.807, 2.05) is 12.3 Å². The van der Waals surface area contributed by atoms with Crippen LogP contribution in [-0.4, -0.2) is 40.7 Å². The molecule has 1 saturated heterocycles. The Morgan fingerprint density at radius 2 is 1.69 bits per heavy atom. The third-order valence-corrected chi connectivity index (χ3v) is 5.59. The number of hydrogen-bond acceptors (Lipinski definition) is 4. The molecule has 4 heteroatoms. The Morgan fingerprint density at radius 1 is 1.00 bits per heavy atom. The van der Waals surface area contributed by atoms with Gasteiger partial charge in [-0.05, 0) is 23.6 Å². The minimum absolute atomic E-state index is 0.210. The molecule has 29 heavy (non-hydrogen) atoms. The van der Waals surface area contributed by atoms with E-state index in [0.29, 0.717) is 5.92 Å². The Morgan fingerprint density at radius 3 is 2.34 bits per heavy atom. The Hall–Kier alpha value is -2.56. The highest BCUT2D eigenvalue weighted by molar-refractivity contribution is 5.32. The molecule has 0 amide bonds. The molecular weight excluding hydrogens is 358 g/mol. The highest BCUT2D eigenvalue weighted by Gasteiger charge is 2.25. The molecule has 0 aliphatic carbocycles. The van der Waals surface area contributed by atoms with Gasteiger partial charge in [-0.3, -0.25) is 4.90 Å². The fourth-order valence-corrected chi connectivity index (χ4v) is 4.09. The first-order valence-corrected chi connectivity index (χ1v) is 10.6. The van der Waals surface area contributed by atoms with E-state index in [4.69, 9.17) is 4.74 Å². The molecule has 1 aliphatic heterocycles. The molecule has 150 valence electrons. The molecule has 1 aliphatic rings. The normalized spacial score (nSPS) is 17.5. The van der Waals surface area contributed by atoms with Gasteiger partial charge in [0.15, 0.2) is 0 Å². The zero-order valence-corrected chi connectivity index (χ0v) is 17.1. The summed E-state index contributed by atoms with van der Waals surface area (Å²) in [7, 11) is 0. The van der Waals surface area contributed by atoms with E-state index < -0.39 is 0 Å². The van der Waals surface area contributed by atoms with Crippen molar-refractivity contribution in [3.8, 4) is 0 Å². The van der Waals surface area contributed by atoms with Crippen molar-refractivity contribution in [2.45, 2.75) is 38.3 Å². The summed E-state index contributed by atoms with van der Waals surface area (Å²) in [6.07, 6.45) is 3.94. The molecule has 0 bridgehead atoms. The van der Waals surface area contributed by atoms with Crippen molar-refractivity contribution >= 4 is 0 Å². The lowest BCUT2D eigenvalue weighted by atomic mass is 9.86. The third-order valence-electron chi connectivity index (χ3n) is 5.59. The molecule has 2 aromatic carbocycles. The number of benzene rings is 2. The van der Waals surface area contributed by atoms with Crippen molar-refractivity contribution in [3.63, 3.8) is 0 Å². The zero-order valence-electron chi connectivity index (χ0n) is 17.1. The highest BCUT2D eigenvalue weighted by Crippen LogP contribution is 2.31. The van der Waals surface area contributed by atoms with E-state index in [2.05, 4.69) is 82.5 Å². The lowest BCUT2D eigenvalue weighted by Gasteiger charge is -2.34. The first kappa shape index (κ1) is 19.7. The summed E-state index contributed by atoms with van der Waals surface area (Å²) < 4.78 is 6.19. The average Bonchev–Trinajstić information content (AvgIpc) is 2.79. The second kappa shape index (κ2) is 9.77. The minimum Gasteiger partial charge on any atom is -0.376 e. The van der Waals surface area contributed by atoms with E-state index in [-0.39, 0.29) is 6.10 Å². The molecule has 0 N–H and O–H groups in total. The topological polar surface area (TPSA) is 38.2 Å². The number of nitrogens with zero attached hydrogens (tertiary/aromatic N) is 3. The van der Waals surface area contributed by atoms with Crippen LogP contribution in [0, 0.1) is 0 Å². The van der Waals surface area contributed by atoms with Crippen LogP contribution in [0.25, 0.3) is 0 Å². The fraction of sp³-hybridized carbons (Fsp3) is 0.360. The predicted molar refractivity (Wildman–Crippen MR) is 116 cm³/mol. The Labute approximate surface area is 173 Å². The summed E-state index contributed by atoms with van der Waals surface area (Å²) in [5.41, 5.74) is 3.80. The third kappa shape index (κ3) is 5.28. The molecular formula is C25H29N3O. The molecule has 1 aromatic heterocycles. The molecule has 0 spiro atoms. The second-order valence-corrected chi connectivity index (χ2v) is 7.66. The van der Waals surface area contributed by atoms with E-state index in [9.17, 15) is 0 Å². The van der Waals surface area contributed by atoms with Gasteiger partial charge in [-0.25, -0.2) is 9.97 Å². The van der Waals surface area contributed by atoms with Crippen LogP contribution >= 0.6 is 0 Å². The van der Waals surface area contributed by atoms with Crippen LogP contribution in [0.3, 0.4) is 0 Å². The fourth-order valence-electron chi connectivity index (χ4n) is 4.09. The van der Waals surface area contributed by atoms with Crippen LogP contribution in [0.1, 0.15) is 41.9 Å². The summed E-state index contributed by atoms with van der Waals surface area (Å²) in [5.74, 6) is 1.26. The summed E-state index contributed by atoms with van der Waals surface area (Å²) in [6.45, 7) is 5.60. The Balaban J connectivity index is 1.46. The van der Waals surface area contributed by atoms with Crippen molar-refractivity contribution in [1.82, 2.24) is 14.9 Å². The van der Waals surface area contributed by atoms with Crippen molar-refractivity contribution in [3.05, 3.63) is 95.6 Å². The molecule has 1 atom stereocenters. The summed E-state index contributed by atoms with van der Waals surface area (Å²) in [6, 6.07) is 23.6. The second-order valence-electron chi connectivity index (χ2n) is 7.66. The number of hydrogen-bond donors (Lipinski definition) is 0. The van der Waals surface area contributed by atoms with Gasteiger partial charge in [-0.1, -0.05) is 67.6 Å². The van der Waals surface area contributed by atoms with Gasteiger partial charge >= 0.3 is 0 Å².